The minimum absolute atomic E-state index is 0.185. The number of rotatable bonds is 2. The molecule has 3 unspecified atom stereocenters. The summed E-state index contributed by atoms with van der Waals surface area (Å²) in [6.45, 7) is 2.16. The Kier molecular flexibility index (Phi) is 4.96. The van der Waals surface area contributed by atoms with E-state index in [9.17, 15) is 5.11 Å². The van der Waals surface area contributed by atoms with Crippen LogP contribution in [0.15, 0.2) is 18.2 Å². The highest BCUT2D eigenvalue weighted by Crippen LogP contribution is 2.40. The third-order valence-electron chi connectivity index (χ3n) is 2.82. The van der Waals surface area contributed by atoms with Crippen molar-refractivity contribution < 1.29 is 5.11 Å². The molecule has 0 radical (unpaired) electrons. The Hall–Kier alpha value is 0.460. The first-order valence-corrected chi connectivity index (χ1v) is 8.31. The van der Waals surface area contributed by atoms with Crippen molar-refractivity contribution >= 4 is 46.7 Å². The number of halogens is 2. The molecule has 1 heterocycles. The summed E-state index contributed by atoms with van der Waals surface area (Å²) in [7, 11) is 0. The Bertz CT molecular complexity index is 400. The van der Waals surface area contributed by atoms with Crippen LogP contribution in [-0.2, 0) is 0 Å². The maximum absolute atomic E-state index is 10.4. The number of aliphatic hydroxyl groups excluding tert-OH is 1. The van der Waals surface area contributed by atoms with Crippen molar-refractivity contribution in [2.75, 3.05) is 11.5 Å². The lowest BCUT2D eigenvalue weighted by Gasteiger charge is -2.32. The summed E-state index contributed by atoms with van der Waals surface area (Å²) in [5.41, 5.74) is 0.742. The van der Waals surface area contributed by atoms with Crippen LogP contribution in [0.1, 0.15) is 18.6 Å². The fraction of sp³-hybridized carbons (Fsp3) is 0.500. The highest BCUT2D eigenvalue weighted by atomic mass is 35.5. The van der Waals surface area contributed by atoms with Crippen LogP contribution in [0.25, 0.3) is 0 Å². The van der Waals surface area contributed by atoms with Crippen LogP contribution in [-0.4, -0.2) is 27.1 Å². The summed E-state index contributed by atoms with van der Waals surface area (Å²) in [6.07, 6.45) is -0.547. The molecule has 1 fully saturated rings. The van der Waals surface area contributed by atoms with E-state index in [1.807, 2.05) is 23.5 Å². The number of hydrogen-bond acceptors (Lipinski definition) is 3. The van der Waals surface area contributed by atoms with Gasteiger partial charge in [0.25, 0.3) is 0 Å². The van der Waals surface area contributed by atoms with Crippen LogP contribution in [0.5, 0.6) is 0 Å². The van der Waals surface area contributed by atoms with Crippen molar-refractivity contribution in [2.24, 2.45) is 0 Å². The van der Waals surface area contributed by atoms with E-state index in [4.69, 9.17) is 23.2 Å². The molecule has 1 aromatic rings. The molecule has 0 aromatic heterocycles. The largest absolute Gasteiger partial charge is 0.387 e. The molecule has 94 valence electrons. The fourth-order valence-electron chi connectivity index (χ4n) is 1.91. The van der Waals surface area contributed by atoms with Crippen molar-refractivity contribution in [1.29, 1.82) is 0 Å². The number of thioether (sulfide) groups is 2. The van der Waals surface area contributed by atoms with Gasteiger partial charge in [-0.1, -0.05) is 30.1 Å². The predicted octanol–water partition coefficient (Wildman–Crippen LogP) is 4.26. The van der Waals surface area contributed by atoms with Crippen molar-refractivity contribution in [1.82, 2.24) is 0 Å². The molecular formula is C12H14Cl2OS2. The van der Waals surface area contributed by atoms with Crippen molar-refractivity contribution in [3.63, 3.8) is 0 Å². The first-order valence-electron chi connectivity index (χ1n) is 5.46. The Morgan fingerprint density at radius 2 is 2.00 bits per heavy atom. The van der Waals surface area contributed by atoms with Crippen LogP contribution in [0.3, 0.4) is 0 Å². The standard InChI is InChI=1S/C12H14Cl2OS2/c1-7-12(17-5-4-16-7)11(15)9-6-8(13)2-3-10(9)14/h2-3,6-7,11-12,15H,4-5H2,1H3. The highest BCUT2D eigenvalue weighted by Gasteiger charge is 2.31. The summed E-state index contributed by atoms with van der Waals surface area (Å²) in [5.74, 6) is 2.23. The highest BCUT2D eigenvalue weighted by molar-refractivity contribution is 8.07. The molecular weight excluding hydrogens is 295 g/mol. The van der Waals surface area contributed by atoms with Crippen LogP contribution in [0.4, 0.5) is 0 Å². The zero-order valence-electron chi connectivity index (χ0n) is 9.40. The van der Waals surface area contributed by atoms with Gasteiger partial charge in [-0.3, -0.25) is 0 Å². The SMILES string of the molecule is CC1SCCSC1C(O)c1cc(Cl)ccc1Cl. The lowest BCUT2D eigenvalue weighted by atomic mass is 10.0. The Morgan fingerprint density at radius 3 is 2.71 bits per heavy atom. The Labute approximate surface area is 120 Å². The lowest BCUT2D eigenvalue weighted by Crippen LogP contribution is -2.29. The molecule has 17 heavy (non-hydrogen) atoms. The number of hydrogen-bond donors (Lipinski definition) is 1. The fourth-order valence-corrected chi connectivity index (χ4v) is 5.15. The molecule has 1 aliphatic heterocycles. The van der Waals surface area contributed by atoms with E-state index in [-0.39, 0.29) is 5.25 Å². The van der Waals surface area contributed by atoms with Crippen LogP contribution >= 0.6 is 46.7 Å². The first kappa shape index (κ1) is 13.9. The molecule has 1 saturated heterocycles. The zero-order valence-corrected chi connectivity index (χ0v) is 12.5. The van der Waals surface area contributed by atoms with Gasteiger partial charge in [-0.25, -0.2) is 0 Å². The second-order valence-electron chi connectivity index (χ2n) is 4.02. The maximum atomic E-state index is 10.4. The molecule has 0 aliphatic carbocycles. The summed E-state index contributed by atoms with van der Waals surface area (Å²) < 4.78 is 0. The van der Waals surface area contributed by atoms with Gasteiger partial charge in [0.2, 0.25) is 0 Å². The third kappa shape index (κ3) is 3.27. The van der Waals surface area contributed by atoms with E-state index < -0.39 is 6.10 Å². The van der Waals surface area contributed by atoms with Gasteiger partial charge in [0.05, 0.1) is 6.10 Å². The van der Waals surface area contributed by atoms with Crippen LogP contribution < -0.4 is 0 Å². The van der Waals surface area contributed by atoms with E-state index in [1.165, 1.54) is 0 Å². The molecule has 3 atom stereocenters. The molecule has 2 rings (SSSR count). The van der Waals surface area contributed by atoms with Crippen LogP contribution in [0, 0.1) is 0 Å². The van der Waals surface area contributed by atoms with E-state index in [1.54, 1.807) is 18.2 Å². The van der Waals surface area contributed by atoms with Gasteiger partial charge in [-0.2, -0.15) is 23.5 Å². The number of benzene rings is 1. The van der Waals surface area contributed by atoms with Gasteiger partial charge >= 0.3 is 0 Å². The summed E-state index contributed by atoms with van der Waals surface area (Å²) in [4.78, 5) is 0. The van der Waals surface area contributed by atoms with E-state index in [0.29, 0.717) is 15.3 Å². The van der Waals surface area contributed by atoms with Crippen molar-refractivity contribution in [3.8, 4) is 0 Å². The second-order valence-corrected chi connectivity index (χ2v) is 7.64. The van der Waals surface area contributed by atoms with Crippen molar-refractivity contribution in [2.45, 2.75) is 23.5 Å². The second kappa shape index (κ2) is 6.07. The topological polar surface area (TPSA) is 20.2 Å². The maximum Gasteiger partial charge on any atom is 0.0934 e. The zero-order chi connectivity index (χ0) is 12.4. The van der Waals surface area contributed by atoms with E-state index >= 15 is 0 Å². The third-order valence-corrected chi connectivity index (χ3v) is 6.58. The first-order chi connectivity index (χ1) is 8.09. The number of aliphatic hydroxyl groups is 1. The average molecular weight is 309 g/mol. The monoisotopic (exact) mass is 308 g/mol. The molecule has 0 bridgehead atoms. The Balaban J connectivity index is 2.23. The molecule has 5 heteroatoms. The van der Waals surface area contributed by atoms with Crippen LogP contribution in [0.2, 0.25) is 10.0 Å². The van der Waals surface area contributed by atoms with Crippen molar-refractivity contribution in [3.05, 3.63) is 33.8 Å². The van der Waals surface area contributed by atoms with Gasteiger partial charge < -0.3 is 5.11 Å². The smallest absolute Gasteiger partial charge is 0.0934 e. The summed E-state index contributed by atoms with van der Waals surface area (Å²) in [6, 6.07) is 5.25. The van der Waals surface area contributed by atoms with Gasteiger partial charge in [0, 0.05) is 37.6 Å². The van der Waals surface area contributed by atoms with Gasteiger partial charge in [0.1, 0.15) is 0 Å². The molecule has 1 nitrogen and oxygen atoms in total. The normalized spacial score (nSPS) is 26.8. The molecule has 1 N–H and O–H groups in total. The molecule has 1 aromatic carbocycles. The average Bonchev–Trinajstić information content (AvgIpc) is 2.32. The predicted molar refractivity (Wildman–Crippen MR) is 79.6 cm³/mol. The minimum atomic E-state index is -0.547. The molecule has 1 aliphatic rings. The van der Waals surface area contributed by atoms with Gasteiger partial charge in [-0.05, 0) is 18.2 Å². The quantitative estimate of drug-likeness (QED) is 0.881. The Morgan fingerprint density at radius 1 is 1.29 bits per heavy atom. The van der Waals surface area contributed by atoms with Gasteiger partial charge in [0.15, 0.2) is 0 Å². The van der Waals surface area contributed by atoms with E-state index in [2.05, 4.69) is 6.92 Å². The minimum Gasteiger partial charge on any atom is -0.387 e. The molecule has 0 spiro atoms. The summed E-state index contributed by atoms with van der Waals surface area (Å²) in [5, 5.41) is 12.3. The summed E-state index contributed by atoms with van der Waals surface area (Å²) >= 11 is 15.8. The molecule has 0 amide bonds. The van der Waals surface area contributed by atoms with Gasteiger partial charge in [-0.15, -0.1) is 0 Å². The van der Waals surface area contributed by atoms with E-state index in [0.717, 1.165) is 17.1 Å². The lowest BCUT2D eigenvalue weighted by molar-refractivity contribution is 0.174. The molecule has 0 saturated carbocycles.